The average Bonchev–Trinajstić information content (AvgIpc) is 2.58. The Morgan fingerprint density at radius 2 is 2.04 bits per heavy atom. The van der Waals surface area contributed by atoms with Crippen molar-refractivity contribution in [1.29, 1.82) is 0 Å². The molecule has 0 aliphatic rings. The molecule has 0 radical (unpaired) electrons. The van der Waals surface area contributed by atoms with Crippen LogP contribution in [0.5, 0.6) is 0 Å². The molecule has 8 heteroatoms. The summed E-state index contributed by atoms with van der Waals surface area (Å²) < 4.78 is 32.4. The molecule has 1 amide bonds. The quantitative estimate of drug-likeness (QED) is 0.825. The molecule has 2 rings (SSSR count). The molecule has 1 aromatic heterocycles. The Kier molecular flexibility index (Phi) is 6.35. The number of hydrogen-bond donors (Lipinski definition) is 1. The predicted octanol–water partition coefficient (Wildman–Crippen LogP) is 1.73. The van der Waals surface area contributed by atoms with E-state index in [0.717, 1.165) is 12.1 Å². The monoisotopic (exact) mass is 351 g/mol. The third-order valence-electron chi connectivity index (χ3n) is 3.61. The van der Waals surface area contributed by atoms with E-state index in [2.05, 4.69) is 10.4 Å². The molecule has 0 fully saturated rings. The fraction of sp³-hybridized carbons (Fsp3) is 0.353. The Labute approximate surface area is 143 Å². The van der Waals surface area contributed by atoms with Crippen LogP contribution in [0.3, 0.4) is 0 Å². The Hall–Kier alpha value is -2.61. The molecular weight excluding hydrogens is 332 g/mol. The van der Waals surface area contributed by atoms with Crippen LogP contribution in [-0.4, -0.2) is 35.4 Å². The molecule has 1 N–H and O–H groups in total. The van der Waals surface area contributed by atoms with E-state index in [-0.39, 0.29) is 30.7 Å². The summed E-state index contributed by atoms with van der Waals surface area (Å²) in [4.78, 5) is 23.6. The molecule has 0 bridgehead atoms. The lowest BCUT2D eigenvalue weighted by atomic mass is 10.1. The molecule has 0 aliphatic heterocycles. The van der Waals surface area contributed by atoms with E-state index in [1.165, 1.54) is 30.0 Å². The zero-order valence-corrected chi connectivity index (χ0v) is 14.0. The molecule has 0 saturated carbocycles. The smallest absolute Gasteiger partial charge is 0.266 e. The van der Waals surface area contributed by atoms with Gasteiger partial charge in [0.15, 0.2) is 11.6 Å². The lowest BCUT2D eigenvalue weighted by Crippen LogP contribution is -2.41. The van der Waals surface area contributed by atoms with Gasteiger partial charge >= 0.3 is 0 Å². The number of halogens is 2. The van der Waals surface area contributed by atoms with Crippen molar-refractivity contribution in [3.63, 3.8) is 0 Å². The lowest BCUT2D eigenvalue weighted by Gasteiger charge is -2.17. The Balaban J connectivity index is 2.24. The van der Waals surface area contributed by atoms with Crippen molar-refractivity contribution in [1.82, 2.24) is 15.1 Å². The first-order chi connectivity index (χ1) is 11.9. The summed E-state index contributed by atoms with van der Waals surface area (Å²) in [5.41, 5.74) is 0.325. The van der Waals surface area contributed by atoms with Gasteiger partial charge < -0.3 is 10.1 Å². The SMILES string of the molecule is CC[C@@H](Cn1nc(-c2ccc(F)c(F)c2)ccc1=O)NC(=O)COC. The molecule has 25 heavy (non-hydrogen) atoms. The minimum absolute atomic E-state index is 0.0757. The summed E-state index contributed by atoms with van der Waals surface area (Å²) in [6.07, 6.45) is 0.582. The fourth-order valence-electron chi connectivity index (χ4n) is 2.28. The average molecular weight is 351 g/mol. The van der Waals surface area contributed by atoms with Crippen LogP contribution in [-0.2, 0) is 16.1 Å². The van der Waals surface area contributed by atoms with Gasteiger partial charge in [0.05, 0.1) is 12.2 Å². The van der Waals surface area contributed by atoms with Crippen molar-refractivity contribution >= 4 is 5.91 Å². The summed E-state index contributed by atoms with van der Waals surface area (Å²) in [6, 6.07) is 5.83. The first kappa shape index (κ1) is 18.7. The van der Waals surface area contributed by atoms with E-state index in [9.17, 15) is 18.4 Å². The molecule has 1 aromatic carbocycles. The van der Waals surface area contributed by atoms with Crippen LogP contribution in [0, 0.1) is 11.6 Å². The first-order valence-corrected chi connectivity index (χ1v) is 7.76. The van der Waals surface area contributed by atoms with E-state index < -0.39 is 11.6 Å². The van der Waals surface area contributed by atoms with Crippen LogP contribution < -0.4 is 10.9 Å². The highest BCUT2D eigenvalue weighted by atomic mass is 19.2. The van der Waals surface area contributed by atoms with Crippen molar-refractivity contribution < 1.29 is 18.3 Å². The van der Waals surface area contributed by atoms with Gasteiger partial charge in [-0.2, -0.15) is 5.10 Å². The van der Waals surface area contributed by atoms with Gasteiger partial charge in [-0.05, 0) is 30.7 Å². The number of benzene rings is 1. The normalized spacial score (nSPS) is 12.0. The zero-order valence-electron chi connectivity index (χ0n) is 14.0. The maximum Gasteiger partial charge on any atom is 0.266 e. The van der Waals surface area contributed by atoms with Crippen molar-refractivity contribution in [2.24, 2.45) is 0 Å². The summed E-state index contributed by atoms with van der Waals surface area (Å²) in [6.45, 7) is 1.94. The molecule has 1 heterocycles. The van der Waals surface area contributed by atoms with Gasteiger partial charge in [-0.3, -0.25) is 9.59 Å². The summed E-state index contributed by atoms with van der Waals surface area (Å²) >= 11 is 0. The van der Waals surface area contributed by atoms with E-state index in [0.29, 0.717) is 17.7 Å². The number of nitrogens with zero attached hydrogens (tertiary/aromatic N) is 2. The number of amides is 1. The molecule has 134 valence electrons. The van der Waals surface area contributed by atoms with Crippen LogP contribution in [0.4, 0.5) is 8.78 Å². The zero-order chi connectivity index (χ0) is 18.4. The minimum atomic E-state index is -0.990. The van der Waals surface area contributed by atoms with E-state index >= 15 is 0 Å². The molecule has 0 spiro atoms. The molecule has 0 unspecified atom stereocenters. The molecule has 6 nitrogen and oxygen atoms in total. The largest absolute Gasteiger partial charge is 0.375 e. The van der Waals surface area contributed by atoms with Crippen molar-refractivity contribution in [3.8, 4) is 11.3 Å². The van der Waals surface area contributed by atoms with Crippen LogP contribution in [0.1, 0.15) is 13.3 Å². The Morgan fingerprint density at radius 1 is 1.28 bits per heavy atom. The number of aromatic nitrogens is 2. The van der Waals surface area contributed by atoms with Gasteiger partial charge in [-0.15, -0.1) is 0 Å². The van der Waals surface area contributed by atoms with Gasteiger partial charge in [0.1, 0.15) is 6.61 Å². The molecular formula is C17H19F2N3O3. The maximum atomic E-state index is 13.4. The van der Waals surface area contributed by atoms with Crippen LogP contribution >= 0.6 is 0 Å². The summed E-state index contributed by atoms with van der Waals surface area (Å²) in [7, 11) is 1.41. The number of carbonyl (C=O) groups is 1. The minimum Gasteiger partial charge on any atom is -0.375 e. The van der Waals surface area contributed by atoms with E-state index in [1.54, 1.807) is 0 Å². The topological polar surface area (TPSA) is 73.2 Å². The van der Waals surface area contributed by atoms with Crippen LogP contribution in [0.2, 0.25) is 0 Å². The van der Waals surface area contributed by atoms with Crippen LogP contribution in [0.15, 0.2) is 35.1 Å². The fourth-order valence-corrected chi connectivity index (χ4v) is 2.28. The summed E-state index contributed by atoms with van der Waals surface area (Å²) in [5.74, 6) is -2.24. The van der Waals surface area contributed by atoms with E-state index in [1.807, 2.05) is 6.92 Å². The highest BCUT2D eigenvalue weighted by molar-refractivity contribution is 5.77. The number of ether oxygens (including phenoxy) is 1. The predicted molar refractivity (Wildman–Crippen MR) is 87.9 cm³/mol. The second-order valence-electron chi connectivity index (χ2n) is 5.47. The van der Waals surface area contributed by atoms with Gasteiger partial charge in [0.25, 0.3) is 5.56 Å². The van der Waals surface area contributed by atoms with Crippen molar-refractivity contribution in [2.75, 3.05) is 13.7 Å². The molecule has 1 atom stereocenters. The second-order valence-corrected chi connectivity index (χ2v) is 5.47. The van der Waals surface area contributed by atoms with Crippen molar-refractivity contribution in [3.05, 3.63) is 52.3 Å². The molecule has 0 saturated heterocycles. The number of nitrogens with one attached hydrogen (secondary N) is 1. The van der Waals surface area contributed by atoms with Gasteiger partial charge in [-0.1, -0.05) is 6.92 Å². The maximum absolute atomic E-state index is 13.4. The Bertz CT molecular complexity index is 808. The van der Waals surface area contributed by atoms with Crippen molar-refractivity contribution in [2.45, 2.75) is 25.9 Å². The number of rotatable bonds is 7. The third kappa shape index (κ3) is 4.93. The standard InChI is InChI=1S/C17H19F2N3O3/c1-3-12(20-16(23)10-25-2)9-22-17(24)7-6-15(21-22)11-4-5-13(18)14(19)8-11/h4-8,12H,3,9-10H2,1-2H3,(H,20,23)/t12-/m0/s1. The number of carbonyl (C=O) groups excluding carboxylic acids is 1. The number of hydrogen-bond acceptors (Lipinski definition) is 4. The third-order valence-corrected chi connectivity index (χ3v) is 3.61. The van der Waals surface area contributed by atoms with Gasteiger partial charge in [0, 0.05) is 24.8 Å². The van der Waals surface area contributed by atoms with E-state index in [4.69, 9.17) is 4.74 Å². The highest BCUT2D eigenvalue weighted by Gasteiger charge is 2.14. The molecule has 0 aliphatic carbocycles. The van der Waals surface area contributed by atoms with Gasteiger partial charge in [0.2, 0.25) is 5.91 Å². The summed E-state index contributed by atoms with van der Waals surface area (Å²) in [5, 5.41) is 6.93. The highest BCUT2D eigenvalue weighted by Crippen LogP contribution is 2.18. The lowest BCUT2D eigenvalue weighted by molar-refractivity contribution is -0.125. The number of methoxy groups -OCH3 is 1. The Morgan fingerprint density at radius 3 is 2.68 bits per heavy atom. The second kappa shape index (κ2) is 8.48. The molecule has 2 aromatic rings. The van der Waals surface area contributed by atoms with Gasteiger partial charge in [-0.25, -0.2) is 13.5 Å². The van der Waals surface area contributed by atoms with Crippen LogP contribution in [0.25, 0.3) is 11.3 Å². The first-order valence-electron chi connectivity index (χ1n) is 7.76.